The van der Waals surface area contributed by atoms with Crippen molar-refractivity contribution < 1.29 is 9.13 Å². The molecule has 2 aromatic rings. The maximum Gasteiger partial charge on any atom is 0.264 e. The monoisotopic (exact) mass is 262 g/mol. The molecule has 0 spiro atoms. The van der Waals surface area contributed by atoms with E-state index in [1.165, 1.54) is 17.0 Å². The Balaban J connectivity index is 1.98. The summed E-state index contributed by atoms with van der Waals surface area (Å²) in [5.74, 6) is -0.207. The van der Waals surface area contributed by atoms with E-state index in [1.54, 1.807) is 12.1 Å². The van der Waals surface area contributed by atoms with Gasteiger partial charge in [0.15, 0.2) is 0 Å². The molecule has 4 nitrogen and oxygen atoms in total. The van der Waals surface area contributed by atoms with E-state index < -0.39 is 5.82 Å². The quantitative estimate of drug-likeness (QED) is 0.831. The highest BCUT2D eigenvalue weighted by atomic mass is 19.1. The summed E-state index contributed by atoms with van der Waals surface area (Å²) >= 11 is 0. The number of hydrogen-bond acceptors (Lipinski definition) is 3. The lowest BCUT2D eigenvalue weighted by Crippen LogP contribution is -2.29. The number of ether oxygens (including phenoxy) is 1. The highest BCUT2D eigenvalue weighted by molar-refractivity contribution is 5.77. The molecular weight excluding hydrogens is 247 g/mol. The van der Waals surface area contributed by atoms with Crippen LogP contribution in [0.4, 0.5) is 4.39 Å². The van der Waals surface area contributed by atoms with Gasteiger partial charge in [0.05, 0.1) is 18.5 Å². The molecule has 1 fully saturated rings. The molecular formula is C14H15FN2O2. The topological polar surface area (TPSA) is 44.1 Å². The van der Waals surface area contributed by atoms with Gasteiger partial charge in [-0.3, -0.25) is 9.36 Å². The van der Waals surface area contributed by atoms with Crippen LogP contribution >= 0.6 is 0 Å². The lowest BCUT2D eigenvalue weighted by molar-refractivity contribution is 0.0479. The van der Waals surface area contributed by atoms with Gasteiger partial charge in [-0.05, 0) is 25.0 Å². The van der Waals surface area contributed by atoms with Gasteiger partial charge in [-0.25, -0.2) is 9.37 Å². The fraction of sp³-hybridized carbons (Fsp3) is 0.429. The first-order valence-corrected chi connectivity index (χ1v) is 6.47. The van der Waals surface area contributed by atoms with E-state index in [1.807, 2.05) is 0 Å². The van der Waals surface area contributed by atoms with Crippen molar-refractivity contribution in [1.29, 1.82) is 0 Å². The molecule has 1 aromatic carbocycles. The van der Waals surface area contributed by atoms with Crippen LogP contribution in [0, 0.1) is 11.7 Å². The summed E-state index contributed by atoms with van der Waals surface area (Å²) in [6.45, 7) is 1.98. The first kappa shape index (κ1) is 12.3. The van der Waals surface area contributed by atoms with Gasteiger partial charge in [-0.1, -0.05) is 6.07 Å². The summed E-state index contributed by atoms with van der Waals surface area (Å²) in [6.07, 6.45) is 3.54. The minimum atomic E-state index is -0.510. The molecule has 1 aliphatic rings. The molecule has 1 aliphatic heterocycles. The van der Waals surface area contributed by atoms with Gasteiger partial charge in [0.2, 0.25) is 0 Å². The van der Waals surface area contributed by atoms with Gasteiger partial charge >= 0.3 is 0 Å². The van der Waals surface area contributed by atoms with Crippen LogP contribution in [0.2, 0.25) is 0 Å². The molecule has 1 unspecified atom stereocenters. The Bertz CT molecular complexity index is 647. The zero-order valence-electron chi connectivity index (χ0n) is 10.5. The second kappa shape index (κ2) is 5.09. The minimum absolute atomic E-state index is 0.0710. The van der Waals surface area contributed by atoms with E-state index in [4.69, 9.17) is 4.74 Å². The van der Waals surface area contributed by atoms with Gasteiger partial charge in [-0.15, -0.1) is 0 Å². The number of aromatic nitrogens is 2. The maximum atomic E-state index is 13.7. The number of hydrogen-bond donors (Lipinski definition) is 0. The van der Waals surface area contributed by atoms with E-state index in [9.17, 15) is 9.18 Å². The van der Waals surface area contributed by atoms with Crippen LogP contribution in [-0.2, 0) is 11.3 Å². The molecule has 0 bridgehead atoms. The molecule has 0 aliphatic carbocycles. The number of fused-ring (bicyclic) bond motifs is 1. The van der Waals surface area contributed by atoms with Gasteiger partial charge < -0.3 is 4.74 Å². The number of rotatable bonds is 2. The molecule has 1 saturated heterocycles. The smallest absolute Gasteiger partial charge is 0.264 e. The van der Waals surface area contributed by atoms with Crippen molar-refractivity contribution in [3.63, 3.8) is 0 Å². The van der Waals surface area contributed by atoms with E-state index in [0.29, 0.717) is 24.6 Å². The zero-order valence-corrected chi connectivity index (χ0v) is 10.5. The standard InChI is InChI=1S/C14H15FN2O2/c15-11-4-1-5-12-13(11)14(18)17(9-16-12)7-10-3-2-6-19-8-10/h1,4-5,9-10H,2-3,6-8H2. The molecule has 1 aromatic heterocycles. The summed E-state index contributed by atoms with van der Waals surface area (Å²) < 4.78 is 20.6. The fourth-order valence-corrected chi connectivity index (χ4v) is 2.52. The molecule has 1 atom stereocenters. The van der Waals surface area contributed by atoms with Gasteiger partial charge in [0.1, 0.15) is 11.2 Å². The van der Waals surface area contributed by atoms with Crippen molar-refractivity contribution in [2.45, 2.75) is 19.4 Å². The van der Waals surface area contributed by atoms with E-state index in [0.717, 1.165) is 19.4 Å². The number of benzene rings is 1. The number of nitrogens with zero attached hydrogens (tertiary/aromatic N) is 2. The third kappa shape index (κ3) is 2.38. The Morgan fingerprint density at radius 2 is 2.37 bits per heavy atom. The lowest BCUT2D eigenvalue weighted by Gasteiger charge is -2.22. The van der Waals surface area contributed by atoms with Crippen LogP contribution < -0.4 is 5.56 Å². The molecule has 5 heteroatoms. The summed E-state index contributed by atoms with van der Waals surface area (Å²) in [5, 5.41) is 0.0710. The second-order valence-corrected chi connectivity index (χ2v) is 4.92. The Morgan fingerprint density at radius 3 is 3.16 bits per heavy atom. The van der Waals surface area contributed by atoms with Crippen LogP contribution in [0.5, 0.6) is 0 Å². The highest BCUT2D eigenvalue weighted by Gasteiger charge is 2.16. The predicted octanol–water partition coefficient (Wildman–Crippen LogP) is 1.96. The average Bonchev–Trinajstić information content (AvgIpc) is 2.43. The third-order valence-electron chi connectivity index (χ3n) is 3.51. The molecule has 0 amide bonds. The number of halogens is 1. The van der Waals surface area contributed by atoms with Gasteiger partial charge in [0.25, 0.3) is 5.56 Å². The van der Waals surface area contributed by atoms with Crippen molar-refractivity contribution in [2.24, 2.45) is 5.92 Å². The Hall–Kier alpha value is -1.75. The Kier molecular flexibility index (Phi) is 3.29. The Morgan fingerprint density at radius 1 is 1.47 bits per heavy atom. The summed E-state index contributed by atoms with van der Waals surface area (Å²) in [4.78, 5) is 16.4. The normalized spacial score (nSPS) is 19.7. The van der Waals surface area contributed by atoms with Crippen LogP contribution in [0.25, 0.3) is 10.9 Å². The fourth-order valence-electron chi connectivity index (χ4n) is 2.52. The summed E-state index contributed by atoms with van der Waals surface area (Å²) in [6, 6.07) is 4.50. The van der Waals surface area contributed by atoms with E-state index in [-0.39, 0.29) is 10.9 Å². The predicted molar refractivity (Wildman–Crippen MR) is 69.5 cm³/mol. The zero-order chi connectivity index (χ0) is 13.2. The summed E-state index contributed by atoms with van der Waals surface area (Å²) in [7, 11) is 0. The molecule has 2 heterocycles. The average molecular weight is 262 g/mol. The van der Waals surface area contributed by atoms with Gasteiger partial charge in [0, 0.05) is 19.1 Å². The molecule has 0 N–H and O–H groups in total. The Labute approximate surface area is 109 Å². The van der Waals surface area contributed by atoms with Crippen molar-refractivity contribution in [3.8, 4) is 0 Å². The molecule has 3 rings (SSSR count). The van der Waals surface area contributed by atoms with Crippen molar-refractivity contribution in [2.75, 3.05) is 13.2 Å². The first-order valence-electron chi connectivity index (χ1n) is 6.47. The largest absolute Gasteiger partial charge is 0.381 e. The highest BCUT2D eigenvalue weighted by Crippen LogP contribution is 2.16. The molecule has 19 heavy (non-hydrogen) atoms. The van der Waals surface area contributed by atoms with Crippen LogP contribution in [0.1, 0.15) is 12.8 Å². The first-order chi connectivity index (χ1) is 9.25. The third-order valence-corrected chi connectivity index (χ3v) is 3.51. The molecule has 0 radical (unpaired) electrons. The lowest BCUT2D eigenvalue weighted by atomic mass is 10.0. The molecule has 0 saturated carbocycles. The molecule has 100 valence electrons. The summed E-state index contributed by atoms with van der Waals surface area (Å²) in [5.41, 5.74) is 0.0924. The van der Waals surface area contributed by atoms with Gasteiger partial charge in [-0.2, -0.15) is 0 Å². The van der Waals surface area contributed by atoms with E-state index in [2.05, 4.69) is 4.98 Å². The van der Waals surface area contributed by atoms with Crippen LogP contribution in [0.15, 0.2) is 29.3 Å². The van der Waals surface area contributed by atoms with Crippen molar-refractivity contribution in [3.05, 3.63) is 40.7 Å². The minimum Gasteiger partial charge on any atom is -0.381 e. The maximum absolute atomic E-state index is 13.7. The van der Waals surface area contributed by atoms with Crippen LogP contribution in [-0.4, -0.2) is 22.8 Å². The SMILES string of the molecule is O=c1c2c(F)cccc2ncn1CC1CCCOC1. The van der Waals surface area contributed by atoms with Crippen molar-refractivity contribution >= 4 is 10.9 Å². The van der Waals surface area contributed by atoms with E-state index >= 15 is 0 Å². The van der Waals surface area contributed by atoms with Crippen LogP contribution in [0.3, 0.4) is 0 Å². The second-order valence-electron chi connectivity index (χ2n) is 4.92. The van der Waals surface area contributed by atoms with Crippen molar-refractivity contribution in [1.82, 2.24) is 9.55 Å².